The van der Waals surface area contributed by atoms with Gasteiger partial charge in [0.2, 0.25) is 11.8 Å². The van der Waals surface area contributed by atoms with E-state index < -0.39 is 12.0 Å². The topological polar surface area (TPSA) is 82.2 Å². The second kappa shape index (κ2) is 8.85. The molecule has 2 heterocycles. The highest BCUT2D eigenvalue weighted by atomic mass is 16.5. The van der Waals surface area contributed by atoms with Crippen LogP contribution < -0.4 is 10.2 Å². The van der Waals surface area contributed by atoms with Crippen LogP contribution in [0.25, 0.3) is 0 Å². The van der Waals surface area contributed by atoms with Gasteiger partial charge in [0.05, 0.1) is 20.1 Å². The highest BCUT2D eigenvalue weighted by Gasteiger charge is 2.34. The van der Waals surface area contributed by atoms with E-state index >= 15 is 0 Å². The van der Waals surface area contributed by atoms with Gasteiger partial charge in [-0.15, -0.1) is 0 Å². The van der Waals surface area contributed by atoms with Crippen LogP contribution in [-0.2, 0) is 19.1 Å². The van der Waals surface area contributed by atoms with Crippen LogP contribution in [0, 0.1) is 0 Å². The number of para-hydroxylation sites is 1. The van der Waals surface area contributed by atoms with Gasteiger partial charge in [0.25, 0.3) is 0 Å². The van der Waals surface area contributed by atoms with Crippen LogP contribution in [0.5, 0.6) is 0 Å². The molecule has 1 atom stereocenters. The molecule has 146 valence electrons. The molecule has 0 unspecified atom stereocenters. The molecule has 8 nitrogen and oxygen atoms in total. The minimum absolute atomic E-state index is 0.00715. The summed E-state index contributed by atoms with van der Waals surface area (Å²) < 4.78 is 4.68. The molecule has 2 aliphatic heterocycles. The van der Waals surface area contributed by atoms with Crippen LogP contribution in [0.3, 0.4) is 0 Å². The largest absolute Gasteiger partial charge is 0.469 e. The average Bonchev–Trinajstić information content (AvgIpc) is 2.71. The second-order valence-corrected chi connectivity index (χ2v) is 6.76. The summed E-state index contributed by atoms with van der Waals surface area (Å²) in [5.41, 5.74) is 1.16. The predicted molar refractivity (Wildman–Crippen MR) is 100 cm³/mol. The fourth-order valence-electron chi connectivity index (χ4n) is 3.54. The van der Waals surface area contributed by atoms with Gasteiger partial charge in [-0.3, -0.25) is 19.3 Å². The normalized spacial score (nSPS) is 20.9. The Morgan fingerprint density at radius 2 is 1.81 bits per heavy atom. The molecule has 2 saturated heterocycles. The van der Waals surface area contributed by atoms with E-state index in [1.807, 2.05) is 23.1 Å². The molecule has 0 aromatic heterocycles. The maximum absolute atomic E-state index is 12.7. The molecule has 2 amide bonds. The first-order valence-corrected chi connectivity index (χ1v) is 9.25. The predicted octanol–water partition coefficient (Wildman–Crippen LogP) is -0.301. The lowest BCUT2D eigenvalue weighted by Crippen LogP contribution is -2.59. The third-order valence-electron chi connectivity index (χ3n) is 5.12. The summed E-state index contributed by atoms with van der Waals surface area (Å²) in [6.45, 7) is 4.02. The fourth-order valence-corrected chi connectivity index (χ4v) is 3.54. The summed E-state index contributed by atoms with van der Waals surface area (Å²) >= 11 is 0. The zero-order chi connectivity index (χ0) is 19.2. The number of nitrogens with zero attached hydrogens (tertiary/aromatic N) is 3. The number of carbonyl (C=O) groups excluding carboxylic acids is 3. The molecule has 2 aliphatic rings. The van der Waals surface area contributed by atoms with Crippen molar-refractivity contribution in [3.63, 3.8) is 0 Å². The summed E-state index contributed by atoms with van der Waals surface area (Å²) in [4.78, 5) is 42.3. The second-order valence-electron chi connectivity index (χ2n) is 6.76. The van der Waals surface area contributed by atoms with Gasteiger partial charge in [-0.1, -0.05) is 18.2 Å². The lowest BCUT2D eigenvalue weighted by atomic mass is 10.1. The van der Waals surface area contributed by atoms with Gasteiger partial charge in [0.15, 0.2) is 0 Å². The Balaban J connectivity index is 1.55. The van der Waals surface area contributed by atoms with Crippen molar-refractivity contribution < 1.29 is 19.1 Å². The summed E-state index contributed by atoms with van der Waals surface area (Å²) in [5, 5.41) is 2.75. The van der Waals surface area contributed by atoms with Gasteiger partial charge in [-0.2, -0.15) is 0 Å². The van der Waals surface area contributed by atoms with Crippen LogP contribution >= 0.6 is 0 Å². The van der Waals surface area contributed by atoms with E-state index in [0.717, 1.165) is 18.8 Å². The number of nitrogens with one attached hydrogen (secondary N) is 1. The summed E-state index contributed by atoms with van der Waals surface area (Å²) in [6.07, 6.45) is -0.0442. The summed E-state index contributed by atoms with van der Waals surface area (Å²) in [5.74, 6) is -0.688. The molecule has 1 aromatic rings. The first kappa shape index (κ1) is 19.2. The molecule has 1 aromatic carbocycles. The number of hydrogen-bond donors (Lipinski definition) is 1. The van der Waals surface area contributed by atoms with Crippen molar-refractivity contribution in [2.45, 2.75) is 12.5 Å². The minimum Gasteiger partial charge on any atom is -0.469 e. The van der Waals surface area contributed by atoms with Crippen molar-refractivity contribution in [1.82, 2.24) is 15.1 Å². The van der Waals surface area contributed by atoms with Crippen LogP contribution in [0.15, 0.2) is 30.3 Å². The summed E-state index contributed by atoms with van der Waals surface area (Å²) in [6, 6.07) is 9.50. The van der Waals surface area contributed by atoms with E-state index in [4.69, 9.17) is 0 Å². The SMILES string of the molecule is COC(=O)C[C@H]1C(=O)NCCN1CC(=O)N1CCN(c2ccccc2)CC1. The van der Waals surface area contributed by atoms with E-state index in [0.29, 0.717) is 26.2 Å². The molecule has 0 radical (unpaired) electrons. The number of anilines is 1. The quantitative estimate of drug-likeness (QED) is 0.713. The van der Waals surface area contributed by atoms with E-state index in [9.17, 15) is 14.4 Å². The van der Waals surface area contributed by atoms with Crippen LogP contribution in [0.4, 0.5) is 5.69 Å². The molecule has 0 spiro atoms. The molecular weight excluding hydrogens is 348 g/mol. The van der Waals surface area contributed by atoms with Crippen LogP contribution in [-0.4, -0.2) is 86.5 Å². The smallest absolute Gasteiger partial charge is 0.307 e. The van der Waals surface area contributed by atoms with Gasteiger partial charge in [-0.25, -0.2) is 0 Å². The Morgan fingerprint density at radius 3 is 2.48 bits per heavy atom. The lowest BCUT2D eigenvalue weighted by molar-refractivity contribution is -0.147. The highest BCUT2D eigenvalue weighted by molar-refractivity contribution is 5.88. The van der Waals surface area contributed by atoms with Crippen LogP contribution in [0.2, 0.25) is 0 Å². The van der Waals surface area contributed by atoms with E-state index in [-0.39, 0.29) is 24.8 Å². The zero-order valence-electron chi connectivity index (χ0n) is 15.6. The monoisotopic (exact) mass is 374 g/mol. The molecule has 0 bridgehead atoms. The standard InChI is InChI=1S/C19H26N4O4/c1-27-18(25)13-16-19(26)20-7-8-23(16)14-17(24)22-11-9-21(10-12-22)15-5-3-2-4-6-15/h2-6,16H,7-14H2,1H3,(H,20,26)/t16-/m0/s1. The van der Waals surface area contributed by atoms with Gasteiger partial charge in [0, 0.05) is 45.0 Å². The summed E-state index contributed by atoms with van der Waals surface area (Å²) in [7, 11) is 1.30. The van der Waals surface area contributed by atoms with Gasteiger partial charge < -0.3 is 19.9 Å². The van der Waals surface area contributed by atoms with E-state index in [2.05, 4.69) is 27.1 Å². The third-order valence-corrected chi connectivity index (χ3v) is 5.12. The van der Waals surface area contributed by atoms with Gasteiger partial charge in [0.1, 0.15) is 6.04 Å². The Labute approximate surface area is 159 Å². The highest BCUT2D eigenvalue weighted by Crippen LogP contribution is 2.16. The number of hydrogen-bond acceptors (Lipinski definition) is 6. The maximum atomic E-state index is 12.7. The number of esters is 1. The number of benzene rings is 1. The lowest BCUT2D eigenvalue weighted by Gasteiger charge is -2.39. The van der Waals surface area contributed by atoms with Gasteiger partial charge in [-0.05, 0) is 12.1 Å². The van der Waals surface area contributed by atoms with Crippen molar-refractivity contribution in [2.24, 2.45) is 0 Å². The molecule has 0 saturated carbocycles. The van der Waals surface area contributed by atoms with Crippen molar-refractivity contribution in [3.05, 3.63) is 30.3 Å². The first-order chi connectivity index (χ1) is 13.1. The first-order valence-electron chi connectivity index (χ1n) is 9.25. The number of methoxy groups -OCH3 is 1. The molecular formula is C19H26N4O4. The molecule has 2 fully saturated rings. The Bertz CT molecular complexity index is 674. The van der Waals surface area contributed by atoms with Crippen molar-refractivity contribution in [2.75, 3.05) is 57.8 Å². The number of rotatable bonds is 5. The Kier molecular flexibility index (Phi) is 6.28. The molecule has 3 rings (SSSR count). The number of amides is 2. The maximum Gasteiger partial charge on any atom is 0.307 e. The minimum atomic E-state index is -0.652. The van der Waals surface area contributed by atoms with E-state index in [1.54, 1.807) is 4.90 Å². The molecule has 8 heteroatoms. The molecule has 1 N–H and O–H groups in total. The molecule has 0 aliphatic carbocycles. The Morgan fingerprint density at radius 1 is 1.11 bits per heavy atom. The third kappa shape index (κ3) is 4.77. The van der Waals surface area contributed by atoms with Crippen LogP contribution in [0.1, 0.15) is 6.42 Å². The van der Waals surface area contributed by atoms with E-state index in [1.165, 1.54) is 7.11 Å². The number of ether oxygens (including phenoxy) is 1. The fraction of sp³-hybridized carbons (Fsp3) is 0.526. The van der Waals surface area contributed by atoms with Gasteiger partial charge >= 0.3 is 5.97 Å². The molecule has 27 heavy (non-hydrogen) atoms. The average molecular weight is 374 g/mol. The Hall–Kier alpha value is -2.61. The zero-order valence-corrected chi connectivity index (χ0v) is 15.6. The number of piperazine rings is 2. The number of carbonyl (C=O) groups is 3. The van der Waals surface area contributed by atoms with Crippen molar-refractivity contribution >= 4 is 23.5 Å². The van der Waals surface area contributed by atoms with Crippen molar-refractivity contribution in [1.29, 1.82) is 0 Å². The van der Waals surface area contributed by atoms with Crippen molar-refractivity contribution in [3.8, 4) is 0 Å².